The molecule has 2 heterocycles. The van der Waals surface area contributed by atoms with Crippen molar-refractivity contribution >= 4 is 22.9 Å². The Hall–Kier alpha value is -1.92. The summed E-state index contributed by atoms with van der Waals surface area (Å²) in [6.45, 7) is 5.47. The lowest BCUT2D eigenvalue weighted by Crippen LogP contribution is -2.54. The highest BCUT2D eigenvalue weighted by Gasteiger charge is 2.26. The van der Waals surface area contributed by atoms with Gasteiger partial charge in [-0.2, -0.15) is 0 Å². The van der Waals surface area contributed by atoms with Crippen molar-refractivity contribution < 1.29 is 9.18 Å². The molecule has 0 aliphatic carbocycles. The summed E-state index contributed by atoms with van der Waals surface area (Å²) in [5.41, 5.74) is 0.645. The number of hydrogen-bond donors (Lipinski definition) is 1. The number of rotatable bonds is 5. The summed E-state index contributed by atoms with van der Waals surface area (Å²) in [6, 6.07) is 10.7. The minimum atomic E-state index is -0.187. The molecule has 1 aromatic heterocycles. The molecule has 1 aliphatic rings. The first kappa shape index (κ1) is 16.9. The van der Waals surface area contributed by atoms with Crippen molar-refractivity contribution in [2.45, 2.75) is 19.5 Å². The van der Waals surface area contributed by atoms with Crippen LogP contribution in [-0.2, 0) is 11.3 Å². The van der Waals surface area contributed by atoms with Gasteiger partial charge < -0.3 is 10.2 Å². The monoisotopic (exact) mass is 347 g/mol. The van der Waals surface area contributed by atoms with Gasteiger partial charge in [-0.05, 0) is 30.5 Å². The molecule has 1 unspecified atom stereocenters. The molecule has 0 bridgehead atoms. The van der Waals surface area contributed by atoms with Crippen molar-refractivity contribution in [3.05, 3.63) is 52.5 Å². The topological polar surface area (TPSA) is 35.6 Å². The minimum Gasteiger partial charge on any atom is -0.367 e. The average molecular weight is 347 g/mol. The normalized spacial score (nSPS) is 16.8. The van der Waals surface area contributed by atoms with Gasteiger partial charge in [0.2, 0.25) is 5.91 Å². The molecule has 0 saturated carbocycles. The molecule has 2 aromatic rings. The van der Waals surface area contributed by atoms with E-state index in [1.807, 2.05) is 41.5 Å². The zero-order valence-electron chi connectivity index (χ0n) is 13.7. The van der Waals surface area contributed by atoms with Crippen LogP contribution in [0.1, 0.15) is 11.8 Å². The third kappa shape index (κ3) is 3.94. The van der Waals surface area contributed by atoms with Crippen molar-refractivity contribution in [3.63, 3.8) is 0 Å². The molecular weight excluding hydrogens is 325 g/mol. The summed E-state index contributed by atoms with van der Waals surface area (Å²) in [7, 11) is 0. The zero-order valence-corrected chi connectivity index (χ0v) is 14.6. The van der Waals surface area contributed by atoms with Crippen molar-refractivity contribution in [2.24, 2.45) is 0 Å². The highest BCUT2D eigenvalue weighted by atomic mass is 32.1. The Morgan fingerprint density at radius 2 is 1.96 bits per heavy atom. The van der Waals surface area contributed by atoms with Crippen LogP contribution < -0.4 is 10.2 Å². The maximum absolute atomic E-state index is 13.9. The van der Waals surface area contributed by atoms with Gasteiger partial charge in [0.25, 0.3) is 0 Å². The summed E-state index contributed by atoms with van der Waals surface area (Å²) in [5.74, 6) is -0.143. The van der Waals surface area contributed by atoms with Crippen LogP contribution in [0.15, 0.2) is 41.8 Å². The molecule has 1 aliphatic heterocycles. The maximum atomic E-state index is 13.9. The number of piperazine rings is 1. The van der Waals surface area contributed by atoms with Crippen molar-refractivity contribution in [3.8, 4) is 0 Å². The fourth-order valence-electron chi connectivity index (χ4n) is 2.96. The van der Waals surface area contributed by atoms with E-state index >= 15 is 0 Å². The lowest BCUT2D eigenvalue weighted by atomic mass is 10.2. The molecule has 0 spiro atoms. The van der Waals surface area contributed by atoms with Gasteiger partial charge in [0.15, 0.2) is 0 Å². The zero-order chi connectivity index (χ0) is 16.9. The number of amides is 1. The third-order valence-corrected chi connectivity index (χ3v) is 5.33. The summed E-state index contributed by atoms with van der Waals surface area (Å²) >= 11 is 1.64. The van der Waals surface area contributed by atoms with Gasteiger partial charge in [0, 0.05) is 31.1 Å². The molecule has 1 amide bonds. The van der Waals surface area contributed by atoms with Crippen LogP contribution in [0.3, 0.4) is 0 Å². The minimum absolute atomic E-state index is 0.0442. The van der Waals surface area contributed by atoms with Crippen molar-refractivity contribution in [2.75, 3.05) is 31.1 Å². The largest absolute Gasteiger partial charge is 0.367 e. The predicted octanol–water partition coefficient (Wildman–Crippen LogP) is 2.71. The van der Waals surface area contributed by atoms with E-state index < -0.39 is 0 Å². The first-order chi connectivity index (χ1) is 11.6. The molecular formula is C18H22FN3OS. The van der Waals surface area contributed by atoms with Crippen LogP contribution in [-0.4, -0.2) is 43.0 Å². The van der Waals surface area contributed by atoms with Gasteiger partial charge in [-0.25, -0.2) is 4.39 Å². The Kier molecular flexibility index (Phi) is 5.48. The smallest absolute Gasteiger partial charge is 0.237 e. The third-order valence-electron chi connectivity index (χ3n) is 4.45. The summed E-state index contributed by atoms with van der Waals surface area (Å²) in [6.07, 6.45) is 0. The van der Waals surface area contributed by atoms with Gasteiger partial charge in [-0.3, -0.25) is 9.69 Å². The molecule has 128 valence electrons. The number of thiophene rings is 1. The summed E-state index contributed by atoms with van der Waals surface area (Å²) in [4.78, 5) is 17.7. The molecule has 1 saturated heterocycles. The lowest BCUT2D eigenvalue weighted by molar-refractivity contribution is -0.126. The summed E-state index contributed by atoms with van der Waals surface area (Å²) in [5, 5.41) is 5.00. The number of halogens is 1. The van der Waals surface area contributed by atoms with Crippen LogP contribution in [0.5, 0.6) is 0 Å². The second-order valence-electron chi connectivity index (χ2n) is 5.95. The van der Waals surface area contributed by atoms with E-state index in [1.165, 1.54) is 6.07 Å². The van der Waals surface area contributed by atoms with E-state index in [1.54, 1.807) is 17.4 Å². The van der Waals surface area contributed by atoms with E-state index in [9.17, 15) is 9.18 Å². The molecule has 4 nitrogen and oxygen atoms in total. The van der Waals surface area contributed by atoms with Crippen LogP contribution in [0.4, 0.5) is 10.1 Å². The van der Waals surface area contributed by atoms with Gasteiger partial charge in [0.1, 0.15) is 5.82 Å². The fraction of sp³-hybridized carbons (Fsp3) is 0.389. The second kappa shape index (κ2) is 7.77. The first-order valence-corrected chi connectivity index (χ1v) is 9.07. The summed E-state index contributed by atoms with van der Waals surface area (Å²) < 4.78 is 13.9. The average Bonchev–Trinajstić information content (AvgIpc) is 3.13. The first-order valence-electron chi connectivity index (χ1n) is 8.19. The van der Waals surface area contributed by atoms with Gasteiger partial charge in [-0.1, -0.05) is 18.2 Å². The van der Waals surface area contributed by atoms with E-state index in [-0.39, 0.29) is 17.8 Å². The van der Waals surface area contributed by atoms with Crippen LogP contribution in [0.25, 0.3) is 0 Å². The fourth-order valence-corrected chi connectivity index (χ4v) is 3.60. The quantitative estimate of drug-likeness (QED) is 0.903. The molecule has 1 atom stereocenters. The lowest BCUT2D eigenvalue weighted by Gasteiger charge is -2.38. The van der Waals surface area contributed by atoms with Crippen LogP contribution >= 0.6 is 11.3 Å². The molecule has 1 fully saturated rings. The Bertz CT molecular complexity index is 669. The second-order valence-corrected chi connectivity index (χ2v) is 6.98. The predicted molar refractivity (Wildman–Crippen MR) is 95.8 cm³/mol. The van der Waals surface area contributed by atoms with Gasteiger partial charge in [0.05, 0.1) is 18.3 Å². The van der Waals surface area contributed by atoms with E-state index in [0.717, 1.165) is 31.1 Å². The van der Waals surface area contributed by atoms with Crippen LogP contribution in [0, 0.1) is 5.82 Å². The van der Waals surface area contributed by atoms with Crippen LogP contribution in [0.2, 0.25) is 0 Å². The standard InChI is InChI=1S/C18H22FN3OS/c1-14(18(23)20-13-15-5-4-12-24-15)21-8-10-22(11-9-21)17-7-3-2-6-16(17)19/h2-7,12,14H,8-11,13H2,1H3,(H,20,23). The number of carbonyl (C=O) groups excluding carboxylic acids is 1. The Morgan fingerprint density at radius 1 is 1.21 bits per heavy atom. The molecule has 1 aromatic carbocycles. The number of nitrogens with zero attached hydrogens (tertiary/aromatic N) is 2. The number of hydrogen-bond acceptors (Lipinski definition) is 4. The van der Waals surface area contributed by atoms with Gasteiger partial charge in [-0.15, -0.1) is 11.3 Å². The molecule has 3 rings (SSSR count). The number of anilines is 1. The number of benzene rings is 1. The van der Waals surface area contributed by atoms with Gasteiger partial charge >= 0.3 is 0 Å². The highest BCUT2D eigenvalue weighted by molar-refractivity contribution is 7.09. The Balaban J connectivity index is 1.50. The number of para-hydroxylation sites is 1. The number of nitrogens with one attached hydrogen (secondary N) is 1. The maximum Gasteiger partial charge on any atom is 0.237 e. The SMILES string of the molecule is CC(C(=O)NCc1cccs1)N1CCN(c2ccccc2F)CC1. The van der Waals surface area contributed by atoms with Crippen molar-refractivity contribution in [1.82, 2.24) is 10.2 Å². The Morgan fingerprint density at radius 3 is 2.62 bits per heavy atom. The van der Waals surface area contributed by atoms with E-state index in [4.69, 9.17) is 0 Å². The van der Waals surface area contributed by atoms with E-state index in [2.05, 4.69) is 10.2 Å². The Labute approximate surface area is 145 Å². The van der Waals surface area contributed by atoms with Crippen molar-refractivity contribution in [1.29, 1.82) is 0 Å². The molecule has 1 N–H and O–H groups in total. The number of carbonyl (C=O) groups is 1. The molecule has 24 heavy (non-hydrogen) atoms. The molecule has 6 heteroatoms. The van der Waals surface area contributed by atoms with E-state index in [0.29, 0.717) is 12.2 Å². The molecule has 0 radical (unpaired) electrons. The highest BCUT2D eigenvalue weighted by Crippen LogP contribution is 2.20.